The van der Waals surface area contributed by atoms with Crippen molar-refractivity contribution in [2.45, 2.75) is 19.8 Å². The van der Waals surface area contributed by atoms with Crippen LogP contribution in [-0.2, 0) is 0 Å². The summed E-state index contributed by atoms with van der Waals surface area (Å²) in [7, 11) is 0. The highest BCUT2D eigenvalue weighted by atomic mass is 32.1. The standard InChI is InChI=1S/C19H16O2S/c1-13-6-11-19(22-13)18(21)10-9-17(20)16-8-7-14-4-2-3-5-15(14)12-16/h2-8,11-12H,9-10H2,1H3. The zero-order valence-corrected chi connectivity index (χ0v) is 13.2. The largest absolute Gasteiger partial charge is 0.294 e. The number of carbonyl (C=O) groups excluding carboxylic acids is 2. The van der Waals surface area contributed by atoms with E-state index >= 15 is 0 Å². The summed E-state index contributed by atoms with van der Waals surface area (Å²) in [5.74, 6) is 0.0691. The molecule has 0 aliphatic carbocycles. The minimum absolute atomic E-state index is 0.0207. The van der Waals surface area contributed by atoms with Crippen molar-refractivity contribution in [3.63, 3.8) is 0 Å². The Balaban J connectivity index is 1.69. The van der Waals surface area contributed by atoms with Gasteiger partial charge in [-0.3, -0.25) is 9.59 Å². The van der Waals surface area contributed by atoms with E-state index in [0.717, 1.165) is 20.5 Å². The molecule has 0 aliphatic rings. The lowest BCUT2D eigenvalue weighted by Gasteiger charge is -2.03. The summed E-state index contributed by atoms with van der Waals surface area (Å²) in [6, 6.07) is 17.4. The molecule has 0 fully saturated rings. The second-order valence-corrected chi connectivity index (χ2v) is 6.61. The number of hydrogen-bond donors (Lipinski definition) is 0. The first-order valence-corrected chi connectivity index (χ1v) is 8.07. The monoisotopic (exact) mass is 308 g/mol. The molecule has 22 heavy (non-hydrogen) atoms. The number of rotatable bonds is 5. The number of benzene rings is 2. The molecule has 0 bridgehead atoms. The van der Waals surface area contributed by atoms with Crippen molar-refractivity contribution in [1.29, 1.82) is 0 Å². The first-order valence-electron chi connectivity index (χ1n) is 7.25. The minimum atomic E-state index is 0.0207. The van der Waals surface area contributed by atoms with Gasteiger partial charge in [-0.1, -0.05) is 36.4 Å². The smallest absolute Gasteiger partial charge is 0.173 e. The predicted octanol–water partition coefficient (Wildman–Crippen LogP) is 5.06. The maximum absolute atomic E-state index is 12.3. The predicted molar refractivity (Wildman–Crippen MR) is 90.9 cm³/mol. The molecule has 3 rings (SSSR count). The van der Waals surface area contributed by atoms with Gasteiger partial charge >= 0.3 is 0 Å². The topological polar surface area (TPSA) is 34.1 Å². The van der Waals surface area contributed by atoms with E-state index in [1.807, 2.05) is 61.5 Å². The van der Waals surface area contributed by atoms with E-state index < -0.39 is 0 Å². The molecule has 110 valence electrons. The molecule has 0 aliphatic heterocycles. The van der Waals surface area contributed by atoms with Crippen LogP contribution in [0.4, 0.5) is 0 Å². The Morgan fingerprint density at radius 1 is 0.864 bits per heavy atom. The minimum Gasteiger partial charge on any atom is -0.294 e. The van der Waals surface area contributed by atoms with Crippen molar-refractivity contribution < 1.29 is 9.59 Å². The molecule has 0 N–H and O–H groups in total. The summed E-state index contributed by atoms with van der Waals surface area (Å²) in [6.45, 7) is 1.97. The van der Waals surface area contributed by atoms with Gasteiger partial charge in [-0.2, -0.15) is 0 Å². The van der Waals surface area contributed by atoms with Crippen LogP contribution in [0.5, 0.6) is 0 Å². The van der Waals surface area contributed by atoms with Crippen molar-refractivity contribution in [3.05, 3.63) is 69.9 Å². The molecule has 0 amide bonds. The second kappa shape index (κ2) is 6.24. The van der Waals surface area contributed by atoms with Crippen molar-refractivity contribution in [1.82, 2.24) is 0 Å². The average molecular weight is 308 g/mol. The van der Waals surface area contributed by atoms with Crippen LogP contribution in [0.3, 0.4) is 0 Å². The third kappa shape index (κ3) is 3.15. The van der Waals surface area contributed by atoms with Crippen LogP contribution in [0.25, 0.3) is 10.8 Å². The molecule has 2 nitrogen and oxygen atoms in total. The Bertz CT molecular complexity index is 845. The normalized spacial score (nSPS) is 10.8. The first-order chi connectivity index (χ1) is 10.6. The third-order valence-corrected chi connectivity index (χ3v) is 4.71. The maximum atomic E-state index is 12.3. The highest BCUT2D eigenvalue weighted by molar-refractivity contribution is 7.14. The average Bonchev–Trinajstić information content (AvgIpc) is 2.98. The third-order valence-electron chi connectivity index (χ3n) is 3.67. The van der Waals surface area contributed by atoms with Crippen LogP contribution >= 0.6 is 11.3 Å². The van der Waals surface area contributed by atoms with Gasteiger partial charge in [0.15, 0.2) is 11.6 Å². The van der Waals surface area contributed by atoms with Crippen molar-refractivity contribution in [2.24, 2.45) is 0 Å². The van der Waals surface area contributed by atoms with Crippen LogP contribution in [0.1, 0.15) is 37.7 Å². The molecular weight excluding hydrogens is 292 g/mol. The Kier molecular flexibility index (Phi) is 4.16. The zero-order valence-electron chi connectivity index (χ0n) is 12.3. The molecule has 0 spiro atoms. The number of thiophene rings is 1. The van der Waals surface area contributed by atoms with Gasteiger partial charge in [0.25, 0.3) is 0 Å². The molecular formula is C19H16O2S. The van der Waals surface area contributed by atoms with Gasteiger partial charge in [0.1, 0.15) is 0 Å². The molecule has 2 aromatic carbocycles. The van der Waals surface area contributed by atoms with Crippen LogP contribution < -0.4 is 0 Å². The molecule has 0 saturated heterocycles. The molecule has 1 heterocycles. The Morgan fingerprint density at radius 3 is 2.32 bits per heavy atom. The highest BCUT2D eigenvalue weighted by Crippen LogP contribution is 2.20. The summed E-state index contributed by atoms with van der Waals surface area (Å²) in [5, 5.41) is 2.16. The summed E-state index contributed by atoms with van der Waals surface area (Å²) in [6.07, 6.45) is 0.528. The molecule has 0 unspecified atom stereocenters. The van der Waals surface area contributed by atoms with Crippen molar-refractivity contribution in [2.75, 3.05) is 0 Å². The lowest BCUT2D eigenvalue weighted by atomic mass is 10.0. The second-order valence-electron chi connectivity index (χ2n) is 5.32. The number of aryl methyl sites for hydroxylation is 1. The molecule has 0 radical (unpaired) electrons. The van der Waals surface area contributed by atoms with Crippen molar-refractivity contribution >= 4 is 33.7 Å². The Labute approximate surface area is 133 Å². The lowest BCUT2D eigenvalue weighted by Crippen LogP contribution is -2.04. The SMILES string of the molecule is Cc1ccc(C(=O)CCC(=O)c2ccc3ccccc3c2)s1. The van der Waals surface area contributed by atoms with E-state index in [1.165, 1.54) is 11.3 Å². The first kappa shape index (κ1) is 14.7. The maximum Gasteiger partial charge on any atom is 0.173 e. The summed E-state index contributed by atoms with van der Waals surface area (Å²) >= 11 is 1.48. The Morgan fingerprint density at radius 2 is 1.59 bits per heavy atom. The molecule has 3 heteroatoms. The lowest BCUT2D eigenvalue weighted by molar-refractivity contribution is 0.0919. The number of ketones is 2. The fraction of sp³-hybridized carbons (Fsp3) is 0.158. The van der Waals surface area contributed by atoms with E-state index in [0.29, 0.717) is 5.56 Å². The van der Waals surface area contributed by atoms with Gasteiger partial charge in [0, 0.05) is 23.3 Å². The fourth-order valence-electron chi connectivity index (χ4n) is 2.44. The zero-order chi connectivity index (χ0) is 15.5. The van der Waals surface area contributed by atoms with Gasteiger partial charge in [-0.25, -0.2) is 0 Å². The summed E-state index contributed by atoms with van der Waals surface area (Å²) in [5.41, 5.74) is 0.675. The number of fused-ring (bicyclic) bond motifs is 1. The van der Waals surface area contributed by atoms with Gasteiger partial charge in [0.05, 0.1) is 4.88 Å². The number of Topliss-reactive ketones (excluding diaryl/α,β-unsaturated/α-hetero) is 2. The fourth-order valence-corrected chi connectivity index (χ4v) is 3.28. The highest BCUT2D eigenvalue weighted by Gasteiger charge is 2.12. The molecule has 0 saturated carbocycles. The van der Waals surface area contributed by atoms with Gasteiger partial charge in [-0.15, -0.1) is 11.3 Å². The van der Waals surface area contributed by atoms with E-state index in [4.69, 9.17) is 0 Å². The molecule has 0 atom stereocenters. The molecule has 3 aromatic rings. The van der Waals surface area contributed by atoms with Crippen LogP contribution in [0, 0.1) is 6.92 Å². The van der Waals surface area contributed by atoms with Gasteiger partial charge in [-0.05, 0) is 35.9 Å². The van der Waals surface area contributed by atoms with E-state index in [1.54, 1.807) is 0 Å². The Hall–Kier alpha value is -2.26. The van der Waals surface area contributed by atoms with Gasteiger partial charge < -0.3 is 0 Å². The van der Waals surface area contributed by atoms with Crippen LogP contribution in [0.15, 0.2) is 54.6 Å². The summed E-state index contributed by atoms with van der Waals surface area (Å²) in [4.78, 5) is 26.2. The number of carbonyl (C=O) groups is 2. The quantitative estimate of drug-likeness (QED) is 0.618. The van der Waals surface area contributed by atoms with E-state index in [2.05, 4.69) is 0 Å². The van der Waals surface area contributed by atoms with Crippen molar-refractivity contribution in [3.8, 4) is 0 Å². The number of hydrogen-bond acceptors (Lipinski definition) is 3. The van der Waals surface area contributed by atoms with E-state index in [9.17, 15) is 9.59 Å². The molecule has 1 aromatic heterocycles. The van der Waals surface area contributed by atoms with E-state index in [-0.39, 0.29) is 24.4 Å². The van der Waals surface area contributed by atoms with Crippen LogP contribution in [-0.4, -0.2) is 11.6 Å². The van der Waals surface area contributed by atoms with Gasteiger partial charge in [0.2, 0.25) is 0 Å². The summed E-state index contributed by atoms with van der Waals surface area (Å²) < 4.78 is 0. The van der Waals surface area contributed by atoms with Crippen LogP contribution in [0.2, 0.25) is 0 Å².